The molecule has 0 saturated heterocycles. The Morgan fingerprint density at radius 3 is 2.26 bits per heavy atom. The van der Waals surface area contributed by atoms with Crippen LogP contribution in [0.4, 0.5) is 10.4 Å². The van der Waals surface area contributed by atoms with E-state index in [1.807, 2.05) is 30.3 Å². The quantitative estimate of drug-likeness (QED) is 0.547. The van der Waals surface area contributed by atoms with Gasteiger partial charge in [-0.25, -0.2) is 0 Å². The molecule has 23 heavy (non-hydrogen) atoms. The van der Waals surface area contributed by atoms with Crippen molar-refractivity contribution in [1.82, 2.24) is 4.98 Å². The summed E-state index contributed by atoms with van der Waals surface area (Å²) in [6.45, 7) is 12.6. The Balaban J connectivity index is 2.28. The van der Waals surface area contributed by atoms with Crippen molar-refractivity contribution in [1.29, 1.82) is 0 Å². The molecule has 0 fully saturated rings. The Bertz CT molecular complexity index is 626. The zero-order valence-electron chi connectivity index (χ0n) is 14.5. The van der Waals surface area contributed by atoms with Gasteiger partial charge in [0.2, 0.25) is 0 Å². The second kappa shape index (κ2) is 7.91. The normalized spacial score (nSPS) is 11.5. The number of carbonyl (C=O) groups is 1. The van der Waals surface area contributed by atoms with Gasteiger partial charge in [-0.1, -0.05) is 0 Å². The minimum absolute atomic E-state index is 0.0219. The number of amides is 1. The van der Waals surface area contributed by atoms with Gasteiger partial charge in [-0.05, 0) is 0 Å². The third kappa shape index (κ3) is 4.11. The number of anilines is 2. The molecule has 0 radical (unpaired) electrons. The van der Waals surface area contributed by atoms with Gasteiger partial charge in [0.15, 0.2) is 0 Å². The number of para-hydroxylation sites is 1. The number of nitrogens with zero attached hydrogens (tertiary/aromatic N) is 3. The molecule has 124 valence electrons. The molecule has 0 aliphatic carbocycles. The number of aromatic nitrogens is 1. The molecule has 1 aromatic heterocycles. The Morgan fingerprint density at radius 1 is 1.13 bits per heavy atom. The summed E-state index contributed by atoms with van der Waals surface area (Å²) in [7, 11) is 0. The molecule has 1 aromatic carbocycles. The predicted octanol–water partition coefficient (Wildman–Crippen LogP) is 3.20. The number of hydrogen-bond acceptors (Lipinski definition) is 2. The van der Waals surface area contributed by atoms with E-state index in [-0.39, 0.29) is 20.4 Å². The molecule has 0 atom stereocenters. The van der Waals surface area contributed by atoms with E-state index in [0.717, 1.165) is 46.7 Å². The van der Waals surface area contributed by atoms with E-state index in [4.69, 9.17) is 4.98 Å². The van der Waals surface area contributed by atoms with E-state index >= 15 is 0 Å². The molecule has 2 rings (SSSR count). The molecule has 0 saturated carbocycles. The van der Waals surface area contributed by atoms with E-state index in [1.54, 1.807) is 11.8 Å². The van der Waals surface area contributed by atoms with Crippen LogP contribution in [0.15, 0.2) is 35.3 Å². The number of rotatable bonds is 7. The van der Waals surface area contributed by atoms with Crippen molar-refractivity contribution in [2.24, 2.45) is 0 Å². The van der Waals surface area contributed by atoms with Gasteiger partial charge in [-0.3, -0.25) is 0 Å². The van der Waals surface area contributed by atoms with E-state index in [2.05, 4.69) is 25.7 Å². The van der Waals surface area contributed by atoms with E-state index in [1.165, 1.54) is 0 Å². The number of hydrogen-bond donors (Lipinski definition) is 0. The van der Waals surface area contributed by atoms with Crippen LogP contribution < -0.4 is 4.90 Å². The van der Waals surface area contributed by atoms with Crippen molar-refractivity contribution in [2.75, 3.05) is 24.5 Å². The zero-order chi connectivity index (χ0) is 16.9. The predicted molar refractivity (Wildman–Crippen MR) is 96.0 cm³/mol. The van der Waals surface area contributed by atoms with Crippen molar-refractivity contribution in [2.45, 2.75) is 34.2 Å². The Kier molecular flexibility index (Phi) is 6.17. The van der Waals surface area contributed by atoms with Gasteiger partial charge in [0.25, 0.3) is 0 Å². The van der Waals surface area contributed by atoms with Crippen LogP contribution in [0.5, 0.6) is 0 Å². The molecule has 4 nitrogen and oxygen atoms in total. The first-order valence-electron chi connectivity index (χ1n) is 8.20. The van der Waals surface area contributed by atoms with E-state index in [0.29, 0.717) is 0 Å². The monoisotopic (exact) mass is 380 g/mol. The molecule has 5 heteroatoms. The van der Waals surface area contributed by atoms with Crippen LogP contribution in [0.2, 0.25) is 0 Å². The third-order valence-corrected chi connectivity index (χ3v) is 6.41. The molecule has 0 aliphatic heterocycles. The summed E-state index contributed by atoms with van der Waals surface area (Å²) in [5.74, 6) is 0.0219. The Labute approximate surface area is 145 Å². The molecule has 0 aliphatic rings. The van der Waals surface area contributed by atoms with Crippen LogP contribution in [0, 0.1) is 0 Å². The van der Waals surface area contributed by atoms with Crippen LogP contribution in [-0.2, 0) is 11.3 Å². The summed E-state index contributed by atoms with van der Waals surface area (Å²) in [5.41, 5.74) is 2.03. The van der Waals surface area contributed by atoms with Gasteiger partial charge >= 0.3 is 145 Å². The van der Waals surface area contributed by atoms with Crippen LogP contribution >= 0.6 is 0 Å². The fourth-order valence-electron chi connectivity index (χ4n) is 2.83. The molecule has 0 bridgehead atoms. The van der Waals surface area contributed by atoms with Gasteiger partial charge in [-0.15, -0.1) is 0 Å². The first kappa shape index (κ1) is 17.9. The average Bonchev–Trinajstić information content (AvgIpc) is 3.01. The molecular formula is C18H26N3OSe+. The van der Waals surface area contributed by atoms with Crippen LogP contribution in [0.3, 0.4) is 0 Å². The summed E-state index contributed by atoms with van der Waals surface area (Å²) in [6, 6.07) is 9.79. The fourth-order valence-corrected chi connectivity index (χ4v) is 4.67. The SMILES string of the molecule is CC[N+](CC)(CC)Cc1c[se]c(N(C(C)=O)c2ccccc2)n1. The zero-order valence-corrected chi connectivity index (χ0v) is 16.2. The Morgan fingerprint density at radius 2 is 1.74 bits per heavy atom. The van der Waals surface area contributed by atoms with Gasteiger partial charge in [0, 0.05) is 0 Å². The molecule has 2 aromatic rings. The van der Waals surface area contributed by atoms with Gasteiger partial charge in [0.05, 0.1) is 0 Å². The summed E-state index contributed by atoms with van der Waals surface area (Å²) >= 11 is 0.113. The van der Waals surface area contributed by atoms with Gasteiger partial charge in [-0.2, -0.15) is 0 Å². The number of benzene rings is 1. The first-order valence-corrected chi connectivity index (χ1v) is 10.0. The van der Waals surface area contributed by atoms with Crippen LogP contribution in [0.1, 0.15) is 33.4 Å². The van der Waals surface area contributed by atoms with Crippen molar-refractivity contribution < 1.29 is 9.28 Å². The van der Waals surface area contributed by atoms with E-state index < -0.39 is 0 Å². The molecule has 1 amide bonds. The van der Waals surface area contributed by atoms with Gasteiger partial charge in [0.1, 0.15) is 0 Å². The summed E-state index contributed by atoms with van der Waals surface area (Å²) in [5, 5.41) is 0. The fraction of sp³-hybridized carbons (Fsp3) is 0.444. The average molecular weight is 379 g/mol. The molecule has 0 spiro atoms. The second-order valence-electron chi connectivity index (χ2n) is 5.76. The second-order valence-corrected chi connectivity index (χ2v) is 7.51. The molecule has 0 unspecified atom stereocenters. The Hall–Kier alpha value is -1.42. The van der Waals surface area contributed by atoms with Gasteiger partial charge < -0.3 is 0 Å². The molecule has 0 N–H and O–H groups in total. The summed E-state index contributed by atoms with van der Waals surface area (Å²) in [6.07, 6.45) is 0. The topological polar surface area (TPSA) is 33.2 Å². The maximum atomic E-state index is 12.1. The molecular weight excluding hydrogens is 353 g/mol. The van der Waals surface area contributed by atoms with E-state index in [9.17, 15) is 4.79 Å². The maximum absolute atomic E-state index is 12.1. The standard InChI is InChI=1S/C18H26N3OSe/c1-5-21(6-2,7-3)13-16-14-23-18(19-16)20(15(4)22)17-11-9-8-10-12-17/h8-12,14H,5-7,13H2,1-4H3/q+1. The minimum atomic E-state index is 0.0219. The van der Waals surface area contributed by atoms with Crippen LogP contribution in [0.25, 0.3) is 0 Å². The van der Waals surface area contributed by atoms with Crippen LogP contribution in [-0.4, -0.2) is 49.5 Å². The van der Waals surface area contributed by atoms with Crippen molar-refractivity contribution in [3.05, 3.63) is 41.0 Å². The summed E-state index contributed by atoms with van der Waals surface area (Å²) in [4.78, 5) is 20.9. The van der Waals surface area contributed by atoms with Crippen molar-refractivity contribution >= 4 is 30.8 Å². The number of carbonyl (C=O) groups excluding carboxylic acids is 1. The van der Waals surface area contributed by atoms with Crippen molar-refractivity contribution in [3.8, 4) is 0 Å². The number of quaternary nitrogens is 1. The first-order chi connectivity index (χ1) is 11.0. The summed E-state index contributed by atoms with van der Waals surface area (Å²) < 4.78 is 1.94. The third-order valence-electron chi connectivity index (χ3n) is 4.57. The van der Waals surface area contributed by atoms with Crippen molar-refractivity contribution in [3.63, 3.8) is 0 Å². The molecule has 1 heterocycles.